The minimum atomic E-state index is -4.80. The van der Waals surface area contributed by atoms with E-state index in [1.54, 1.807) is 0 Å². The van der Waals surface area contributed by atoms with E-state index in [0.29, 0.717) is 15.3 Å². The molecule has 3 rings (SSSR count). The van der Waals surface area contributed by atoms with E-state index in [2.05, 4.69) is 5.10 Å². The summed E-state index contributed by atoms with van der Waals surface area (Å²) in [4.78, 5) is 11.4. The first-order valence-electron chi connectivity index (χ1n) is 8.11. The maximum atomic E-state index is 13.8. The summed E-state index contributed by atoms with van der Waals surface area (Å²) < 4.78 is 92.7. The summed E-state index contributed by atoms with van der Waals surface area (Å²) in [5.41, 5.74) is -0.960. The van der Waals surface area contributed by atoms with Gasteiger partial charge in [-0.3, -0.25) is 4.57 Å². The number of nitrogens with zero attached hydrogens (tertiary/aromatic N) is 4. The number of piperidine rings is 1. The fourth-order valence-electron chi connectivity index (χ4n) is 3.09. The molecule has 2 aromatic rings. The fraction of sp³-hybridized carbons (Fsp3) is 0.467. The molecule has 1 aliphatic rings. The van der Waals surface area contributed by atoms with E-state index in [4.69, 9.17) is 0 Å². The SMILES string of the molecule is Cn1c(C(F)(F)F)nn(C2CCN(S(=O)(=O)c3ccc(F)cc3F)CC2)c1=O. The first kappa shape index (κ1) is 20.5. The third-order valence-electron chi connectivity index (χ3n) is 4.54. The Balaban J connectivity index is 1.81. The van der Waals surface area contributed by atoms with Gasteiger partial charge in [0.1, 0.15) is 16.5 Å². The zero-order valence-corrected chi connectivity index (χ0v) is 15.3. The number of aromatic nitrogens is 3. The smallest absolute Gasteiger partial charge is 0.274 e. The molecule has 0 radical (unpaired) electrons. The molecule has 1 aromatic heterocycles. The van der Waals surface area contributed by atoms with Crippen molar-refractivity contribution in [3.63, 3.8) is 0 Å². The predicted molar refractivity (Wildman–Crippen MR) is 85.9 cm³/mol. The molecule has 0 amide bonds. The molecule has 0 atom stereocenters. The largest absolute Gasteiger partial charge is 0.451 e. The summed E-state index contributed by atoms with van der Waals surface area (Å²) >= 11 is 0. The number of sulfonamides is 1. The van der Waals surface area contributed by atoms with Crippen LogP contribution in [0.25, 0.3) is 0 Å². The van der Waals surface area contributed by atoms with Crippen LogP contribution in [-0.2, 0) is 23.2 Å². The molecule has 1 saturated heterocycles. The van der Waals surface area contributed by atoms with Crippen molar-refractivity contribution in [2.24, 2.45) is 7.05 Å². The van der Waals surface area contributed by atoms with Gasteiger partial charge in [0.2, 0.25) is 15.8 Å². The molecule has 2 heterocycles. The first-order chi connectivity index (χ1) is 12.9. The second-order valence-electron chi connectivity index (χ2n) is 6.32. The predicted octanol–water partition coefficient (Wildman–Crippen LogP) is 1.90. The van der Waals surface area contributed by atoms with Gasteiger partial charge in [-0.1, -0.05) is 0 Å². The van der Waals surface area contributed by atoms with Crippen LogP contribution in [0.2, 0.25) is 0 Å². The number of benzene rings is 1. The second-order valence-corrected chi connectivity index (χ2v) is 8.22. The van der Waals surface area contributed by atoms with Gasteiger partial charge in [-0.15, -0.1) is 5.10 Å². The molecule has 0 aliphatic carbocycles. The van der Waals surface area contributed by atoms with Crippen LogP contribution < -0.4 is 5.69 Å². The molecule has 0 spiro atoms. The van der Waals surface area contributed by atoms with E-state index in [1.807, 2.05) is 0 Å². The standard InChI is InChI=1S/C15H15F5N4O3S/c1-22-13(15(18,19)20)21-24(14(22)25)10-4-6-23(7-5-10)28(26,27)12-3-2-9(16)8-11(12)17/h2-3,8,10H,4-7H2,1H3. The summed E-state index contributed by atoms with van der Waals surface area (Å²) in [6, 6.07) is 1.34. The van der Waals surface area contributed by atoms with Crippen molar-refractivity contribution in [2.45, 2.75) is 30.0 Å². The number of hydrogen-bond acceptors (Lipinski definition) is 4. The van der Waals surface area contributed by atoms with Crippen LogP contribution in [0.5, 0.6) is 0 Å². The van der Waals surface area contributed by atoms with E-state index >= 15 is 0 Å². The maximum Gasteiger partial charge on any atom is 0.451 e. The second kappa shape index (κ2) is 6.95. The van der Waals surface area contributed by atoms with Crippen LogP contribution in [0, 0.1) is 11.6 Å². The molecule has 0 N–H and O–H groups in total. The molecular formula is C15H15F5N4O3S. The van der Waals surface area contributed by atoms with Crippen molar-refractivity contribution in [3.05, 3.63) is 46.1 Å². The van der Waals surface area contributed by atoms with Gasteiger partial charge in [0, 0.05) is 26.2 Å². The van der Waals surface area contributed by atoms with Crippen LogP contribution in [0.15, 0.2) is 27.9 Å². The Morgan fingerprint density at radius 2 is 1.75 bits per heavy atom. The van der Waals surface area contributed by atoms with Gasteiger partial charge in [0.05, 0.1) is 6.04 Å². The van der Waals surface area contributed by atoms with E-state index in [9.17, 15) is 35.2 Å². The van der Waals surface area contributed by atoms with E-state index in [0.717, 1.165) is 23.5 Å². The lowest BCUT2D eigenvalue weighted by atomic mass is 10.1. The highest BCUT2D eigenvalue weighted by Crippen LogP contribution is 2.30. The van der Waals surface area contributed by atoms with E-state index in [1.165, 1.54) is 0 Å². The van der Waals surface area contributed by atoms with Crippen LogP contribution in [0.1, 0.15) is 24.7 Å². The van der Waals surface area contributed by atoms with Gasteiger partial charge in [-0.05, 0) is 25.0 Å². The Kier molecular flexibility index (Phi) is 5.08. The first-order valence-corrected chi connectivity index (χ1v) is 9.55. The highest BCUT2D eigenvalue weighted by molar-refractivity contribution is 7.89. The molecule has 28 heavy (non-hydrogen) atoms. The molecule has 1 aromatic carbocycles. The quantitative estimate of drug-likeness (QED) is 0.703. The minimum absolute atomic E-state index is 0.0102. The minimum Gasteiger partial charge on any atom is -0.274 e. The van der Waals surface area contributed by atoms with Crippen molar-refractivity contribution in [2.75, 3.05) is 13.1 Å². The van der Waals surface area contributed by atoms with E-state index in [-0.39, 0.29) is 25.9 Å². The highest BCUT2D eigenvalue weighted by atomic mass is 32.2. The summed E-state index contributed by atoms with van der Waals surface area (Å²) in [5.74, 6) is -3.51. The van der Waals surface area contributed by atoms with Crippen LogP contribution in [0.3, 0.4) is 0 Å². The lowest BCUT2D eigenvalue weighted by Gasteiger charge is -2.30. The lowest BCUT2D eigenvalue weighted by Crippen LogP contribution is -2.41. The van der Waals surface area contributed by atoms with Crippen molar-refractivity contribution in [1.82, 2.24) is 18.7 Å². The van der Waals surface area contributed by atoms with Gasteiger partial charge in [-0.25, -0.2) is 26.7 Å². The Morgan fingerprint density at radius 3 is 2.25 bits per heavy atom. The van der Waals surface area contributed by atoms with Crippen LogP contribution in [-0.4, -0.2) is 40.2 Å². The number of halogens is 5. The Morgan fingerprint density at radius 1 is 1.14 bits per heavy atom. The van der Waals surface area contributed by atoms with Crippen molar-refractivity contribution < 1.29 is 30.4 Å². The normalized spacial score (nSPS) is 17.2. The summed E-state index contributed by atoms with van der Waals surface area (Å²) in [6.07, 6.45) is -4.78. The molecule has 0 unspecified atom stereocenters. The molecule has 154 valence electrons. The van der Waals surface area contributed by atoms with E-state index < -0.39 is 50.3 Å². The lowest BCUT2D eigenvalue weighted by molar-refractivity contribution is -0.147. The van der Waals surface area contributed by atoms with Crippen molar-refractivity contribution in [1.29, 1.82) is 0 Å². The third kappa shape index (κ3) is 3.55. The summed E-state index contributed by atoms with van der Waals surface area (Å²) in [6.45, 7) is -0.317. The monoisotopic (exact) mass is 426 g/mol. The average Bonchev–Trinajstić information content (AvgIpc) is 2.90. The Hall–Kier alpha value is -2.28. The van der Waals surface area contributed by atoms with Gasteiger partial charge in [0.25, 0.3) is 0 Å². The van der Waals surface area contributed by atoms with Gasteiger partial charge in [-0.2, -0.15) is 17.5 Å². The summed E-state index contributed by atoms with van der Waals surface area (Å²) in [5, 5.41) is 3.35. The average molecular weight is 426 g/mol. The number of hydrogen-bond donors (Lipinski definition) is 0. The van der Waals surface area contributed by atoms with Gasteiger partial charge in [0.15, 0.2) is 0 Å². The topological polar surface area (TPSA) is 77.2 Å². The van der Waals surface area contributed by atoms with Crippen molar-refractivity contribution >= 4 is 10.0 Å². The molecule has 0 bridgehead atoms. The Bertz CT molecular complexity index is 1050. The van der Waals surface area contributed by atoms with Crippen LogP contribution in [0.4, 0.5) is 22.0 Å². The van der Waals surface area contributed by atoms with Gasteiger partial charge >= 0.3 is 11.9 Å². The molecule has 13 heteroatoms. The highest BCUT2D eigenvalue weighted by Gasteiger charge is 2.40. The molecule has 0 saturated carbocycles. The maximum absolute atomic E-state index is 13.8. The molecule has 1 aliphatic heterocycles. The van der Waals surface area contributed by atoms with Gasteiger partial charge < -0.3 is 0 Å². The fourth-order valence-corrected chi connectivity index (χ4v) is 4.61. The zero-order valence-electron chi connectivity index (χ0n) is 14.4. The van der Waals surface area contributed by atoms with Crippen molar-refractivity contribution in [3.8, 4) is 0 Å². The summed E-state index contributed by atoms with van der Waals surface area (Å²) in [7, 11) is -3.30. The molecular weight excluding hydrogens is 411 g/mol. The third-order valence-corrected chi connectivity index (χ3v) is 6.47. The zero-order chi connectivity index (χ0) is 20.9. The number of rotatable bonds is 3. The molecule has 7 nitrogen and oxygen atoms in total. The Labute approximate surface area is 156 Å². The number of alkyl halides is 3. The molecule has 1 fully saturated rings. The van der Waals surface area contributed by atoms with Crippen LogP contribution >= 0.6 is 0 Å².